The summed E-state index contributed by atoms with van der Waals surface area (Å²) in [5.41, 5.74) is 8.81. The highest BCUT2D eigenvalue weighted by Gasteiger charge is 2.25. The molecule has 0 radical (unpaired) electrons. The lowest BCUT2D eigenvalue weighted by atomic mass is 9.83. The molecule has 0 aliphatic carbocycles. The van der Waals surface area contributed by atoms with Crippen molar-refractivity contribution >= 4 is 11.4 Å². The highest BCUT2D eigenvalue weighted by atomic mass is 16.3. The third-order valence-electron chi connectivity index (χ3n) is 3.81. The second-order valence-electron chi connectivity index (χ2n) is 4.75. The first-order chi connectivity index (χ1) is 8.08. The van der Waals surface area contributed by atoms with Crippen LogP contribution in [0.4, 0.5) is 11.4 Å². The number of para-hydroxylation sites is 1. The monoisotopic (exact) mass is 236 g/mol. The number of aliphatic hydroxyl groups is 1. The molecule has 0 fully saturated rings. The minimum atomic E-state index is -0.0455. The summed E-state index contributed by atoms with van der Waals surface area (Å²) < 4.78 is 0. The van der Waals surface area contributed by atoms with Crippen LogP contribution in [0.3, 0.4) is 0 Å². The summed E-state index contributed by atoms with van der Waals surface area (Å²) in [7, 11) is 0. The van der Waals surface area contributed by atoms with E-state index in [0.29, 0.717) is 0 Å². The van der Waals surface area contributed by atoms with Gasteiger partial charge in [0, 0.05) is 12.0 Å². The number of anilines is 2. The van der Waals surface area contributed by atoms with Crippen LogP contribution in [0.15, 0.2) is 18.2 Å². The first kappa shape index (κ1) is 13.8. The van der Waals surface area contributed by atoms with E-state index in [0.717, 1.165) is 36.3 Å². The van der Waals surface area contributed by atoms with E-state index in [4.69, 9.17) is 5.73 Å². The SMILES string of the molecule is CCC(CC)(CO)CNc1cccc(C)c1N. The molecular formula is C14H24N2O. The van der Waals surface area contributed by atoms with Gasteiger partial charge < -0.3 is 16.2 Å². The Morgan fingerprint density at radius 2 is 1.94 bits per heavy atom. The molecule has 3 heteroatoms. The summed E-state index contributed by atoms with van der Waals surface area (Å²) in [6.07, 6.45) is 1.91. The van der Waals surface area contributed by atoms with Crippen LogP contribution in [-0.4, -0.2) is 18.3 Å². The summed E-state index contributed by atoms with van der Waals surface area (Å²) in [5.74, 6) is 0. The van der Waals surface area contributed by atoms with Gasteiger partial charge in [-0.25, -0.2) is 0 Å². The predicted molar refractivity (Wildman–Crippen MR) is 74.2 cm³/mol. The maximum atomic E-state index is 9.51. The third-order valence-corrected chi connectivity index (χ3v) is 3.81. The van der Waals surface area contributed by atoms with Crippen LogP contribution in [0.5, 0.6) is 0 Å². The number of hydrogen-bond donors (Lipinski definition) is 3. The molecule has 0 aromatic heterocycles. The van der Waals surface area contributed by atoms with Gasteiger partial charge in [0.05, 0.1) is 18.0 Å². The number of hydrogen-bond acceptors (Lipinski definition) is 3. The van der Waals surface area contributed by atoms with Crippen LogP contribution in [-0.2, 0) is 0 Å². The van der Waals surface area contributed by atoms with Gasteiger partial charge in [-0.15, -0.1) is 0 Å². The molecule has 0 amide bonds. The van der Waals surface area contributed by atoms with Crippen LogP contribution in [0.2, 0.25) is 0 Å². The van der Waals surface area contributed by atoms with E-state index >= 15 is 0 Å². The Kier molecular flexibility index (Phi) is 4.82. The minimum absolute atomic E-state index is 0.0455. The normalized spacial score (nSPS) is 11.5. The average Bonchev–Trinajstić information content (AvgIpc) is 2.36. The Morgan fingerprint density at radius 3 is 2.47 bits per heavy atom. The van der Waals surface area contributed by atoms with Gasteiger partial charge >= 0.3 is 0 Å². The maximum absolute atomic E-state index is 9.51. The molecule has 1 aromatic carbocycles. The summed E-state index contributed by atoms with van der Waals surface area (Å²) in [5, 5.41) is 12.9. The molecule has 96 valence electrons. The average molecular weight is 236 g/mol. The number of nitrogen functional groups attached to an aromatic ring is 1. The van der Waals surface area contributed by atoms with Crippen molar-refractivity contribution in [2.45, 2.75) is 33.6 Å². The van der Waals surface area contributed by atoms with Crippen molar-refractivity contribution in [3.05, 3.63) is 23.8 Å². The predicted octanol–water partition coefficient (Wildman–Crippen LogP) is 2.79. The minimum Gasteiger partial charge on any atom is -0.397 e. The van der Waals surface area contributed by atoms with Crippen LogP contribution in [0.1, 0.15) is 32.3 Å². The largest absolute Gasteiger partial charge is 0.397 e. The Morgan fingerprint density at radius 1 is 1.29 bits per heavy atom. The summed E-state index contributed by atoms with van der Waals surface area (Å²) in [6, 6.07) is 5.97. The Hall–Kier alpha value is -1.22. The fraction of sp³-hybridized carbons (Fsp3) is 0.571. The van der Waals surface area contributed by atoms with Crippen molar-refractivity contribution in [1.82, 2.24) is 0 Å². The summed E-state index contributed by atoms with van der Waals surface area (Å²) >= 11 is 0. The van der Waals surface area contributed by atoms with Gasteiger partial charge in [0.25, 0.3) is 0 Å². The molecule has 1 aromatic rings. The van der Waals surface area contributed by atoms with E-state index in [1.807, 2.05) is 25.1 Å². The van der Waals surface area contributed by atoms with Crippen LogP contribution in [0, 0.1) is 12.3 Å². The number of benzene rings is 1. The highest BCUT2D eigenvalue weighted by molar-refractivity contribution is 5.69. The standard InChI is InChI=1S/C14H24N2O/c1-4-14(5-2,10-17)9-16-12-8-6-7-11(3)13(12)15/h6-8,16-17H,4-5,9-10,15H2,1-3H3. The molecule has 0 saturated heterocycles. The molecule has 17 heavy (non-hydrogen) atoms. The smallest absolute Gasteiger partial charge is 0.0579 e. The molecule has 0 saturated carbocycles. The Balaban J connectivity index is 2.75. The summed E-state index contributed by atoms with van der Waals surface area (Å²) in [6.45, 7) is 7.18. The molecule has 0 spiro atoms. The molecule has 0 aliphatic heterocycles. The zero-order valence-electron chi connectivity index (χ0n) is 11.1. The Bertz CT molecular complexity index is 351. The third kappa shape index (κ3) is 3.13. The first-order valence-electron chi connectivity index (χ1n) is 6.28. The molecule has 0 unspecified atom stereocenters. The molecule has 0 bridgehead atoms. The van der Waals surface area contributed by atoms with Gasteiger partial charge in [0.1, 0.15) is 0 Å². The van der Waals surface area contributed by atoms with Crippen LogP contribution in [0.25, 0.3) is 0 Å². The van der Waals surface area contributed by atoms with Crippen molar-refractivity contribution in [3.63, 3.8) is 0 Å². The van der Waals surface area contributed by atoms with E-state index in [9.17, 15) is 5.11 Å². The van der Waals surface area contributed by atoms with Gasteiger partial charge in [-0.05, 0) is 31.4 Å². The molecular weight excluding hydrogens is 212 g/mol. The topological polar surface area (TPSA) is 58.3 Å². The van der Waals surface area contributed by atoms with Crippen molar-refractivity contribution in [3.8, 4) is 0 Å². The van der Waals surface area contributed by atoms with E-state index < -0.39 is 0 Å². The second-order valence-corrected chi connectivity index (χ2v) is 4.75. The quantitative estimate of drug-likeness (QED) is 0.666. The lowest BCUT2D eigenvalue weighted by molar-refractivity contribution is 0.127. The van der Waals surface area contributed by atoms with E-state index in [1.165, 1.54) is 0 Å². The van der Waals surface area contributed by atoms with Crippen LogP contribution < -0.4 is 11.1 Å². The lowest BCUT2D eigenvalue weighted by Gasteiger charge is -2.30. The van der Waals surface area contributed by atoms with Gasteiger partial charge in [-0.2, -0.15) is 0 Å². The zero-order valence-corrected chi connectivity index (χ0v) is 11.1. The second kappa shape index (κ2) is 5.92. The van der Waals surface area contributed by atoms with Crippen molar-refractivity contribution < 1.29 is 5.11 Å². The number of aryl methyl sites for hydroxylation is 1. The van der Waals surface area contributed by atoms with E-state index in [2.05, 4.69) is 19.2 Å². The van der Waals surface area contributed by atoms with Gasteiger partial charge in [0.2, 0.25) is 0 Å². The van der Waals surface area contributed by atoms with Gasteiger partial charge in [-0.1, -0.05) is 26.0 Å². The molecule has 3 nitrogen and oxygen atoms in total. The van der Waals surface area contributed by atoms with Crippen molar-refractivity contribution in [2.24, 2.45) is 5.41 Å². The van der Waals surface area contributed by atoms with Crippen LogP contribution >= 0.6 is 0 Å². The zero-order chi connectivity index (χ0) is 12.9. The lowest BCUT2D eigenvalue weighted by Crippen LogP contribution is -2.32. The highest BCUT2D eigenvalue weighted by Crippen LogP contribution is 2.28. The number of nitrogens with one attached hydrogen (secondary N) is 1. The van der Waals surface area contributed by atoms with Gasteiger partial charge in [-0.3, -0.25) is 0 Å². The molecule has 1 rings (SSSR count). The number of nitrogens with two attached hydrogens (primary N) is 1. The first-order valence-corrected chi connectivity index (χ1v) is 6.28. The van der Waals surface area contributed by atoms with Gasteiger partial charge in [0.15, 0.2) is 0 Å². The fourth-order valence-corrected chi connectivity index (χ4v) is 1.90. The summed E-state index contributed by atoms with van der Waals surface area (Å²) in [4.78, 5) is 0. The number of aliphatic hydroxyl groups excluding tert-OH is 1. The van der Waals surface area contributed by atoms with Crippen molar-refractivity contribution in [2.75, 3.05) is 24.2 Å². The fourth-order valence-electron chi connectivity index (χ4n) is 1.90. The Labute approximate surface area is 104 Å². The molecule has 0 aliphatic rings. The van der Waals surface area contributed by atoms with E-state index in [-0.39, 0.29) is 12.0 Å². The van der Waals surface area contributed by atoms with E-state index in [1.54, 1.807) is 0 Å². The molecule has 0 heterocycles. The van der Waals surface area contributed by atoms with Crippen molar-refractivity contribution in [1.29, 1.82) is 0 Å². The molecule has 0 atom stereocenters. The number of rotatable bonds is 6. The maximum Gasteiger partial charge on any atom is 0.0579 e. The molecule has 4 N–H and O–H groups in total.